The molecule has 0 heterocycles. The van der Waals surface area contributed by atoms with Gasteiger partial charge < -0.3 is 14.6 Å². The first-order valence-corrected chi connectivity index (χ1v) is 6.71. The maximum atomic E-state index is 12.1. The summed E-state index contributed by atoms with van der Waals surface area (Å²) >= 11 is 5.98. The molecule has 0 fully saturated rings. The van der Waals surface area contributed by atoms with Crippen LogP contribution >= 0.6 is 11.6 Å². The highest BCUT2D eigenvalue weighted by Crippen LogP contribution is 2.25. The van der Waals surface area contributed by atoms with E-state index in [2.05, 4.69) is 0 Å². The zero-order valence-corrected chi connectivity index (χ0v) is 12.3. The standard InChI is InChI=1S/C16H15ClO4/c1-20-16-6-5-12(8-14(16)17)15(19)10-21-13-4-2-3-11(7-13)9-18/h2-8,18H,9-10H2,1H3. The number of ketones is 1. The number of ether oxygens (including phenoxy) is 2. The lowest BCUT2D eigenvalue weighted by atomic mass is 10.1. The van der Waals surface area contributed by atoms with E-state index in [4.69, 9.17) is 26.2 Å². The largest absolute Gasteiger partial charge is 0.495 e. The van der Waals surface area contributed by atoms with E-state index in [0.29, 0.717) is 22.1 Å². The molecule has 0 radical (unpaired) electrons. The monoisotopic (exact) mass is 306 g/mol. The van der Waals surface area contributed by atoms with Gasteiger partial charge in [0.15, 0.2) is 12.4 Å². The third kappa shape index (κ3) is 3.97. The summed E-state index contributed by atoms with van der Waals surface area (Å²) in [6.07, 6.45) is 0. The lowest BCUT2D eigenvalue weighted by Gasteiger charge is -2.08. The van der Waals surface area contributed by atoms with Gasteiger partial charge in [-0.25, -0.2) is 0 Å². The molecule has 0 aliphatic carbocycles. The fraction of sp³-hybridized carbons (Fsp3) is 0.188. The number of rotatable bonds is 6. The quantitative estimate of drug-likeness (QED) is 0.833. The molecule has 2 rings (SSSR count). The van der Waals surface area contributed by atoms with E-state index in [9.17, 15) is 4.79 Å². The van der Waals surface area contributed by atoms with Crippen LogP contribution in [0.25, 0.3) is 0 Å². The smallest absolute Gasteiger partial charge is 0.200 e. The highest BCUT2D eigenvalue weighted by Gasteiger charge is 2.10. The number of carbonyl (C=O) groups is 1. The first-order valence-electron chi connectivity index (χ1n) is 6.33. The Morgan fingerprint density at radius 3 is 2.71 bits per heavy atom. The number of halogens is 1. The molecule has 21 heavy (non-hydrogen) atoms. The Bertz CT molecular complexity index is 640. The molecule has 0 spiro atoms. The molecule has 0 unspecified atom stereocenters. The lowest BCUT2D eigenvalue weighted by Crippen LogP contribution is -2.11. The van der Waals surface area contributed by atoms with E-state index in [0.717, 1.165) is 5.56 Å². The third-order valence-electron chi connectivity index (χ3n) is 2.92. The SMILES string of the molecule is COc1ccc(C(=O)COc2cccc(CO)c2)cc1Cl. The fourth-order valence-corrected chi connectivity index (χ4v) is 2.06. The molecule has 0 amide bonds. The zero-order valence-electron chi connectivity index (χ0n) is 11.5. The Hall–Kier alpha value is -2.04. The normalized spacial score (nSPS) is 10.2. The number of benzene rings is 2. The molecule has 0 aliphatic heterocycles. The summed E-state index contributed by atoms with van der Waals surface area (Å²) in [6, 6.07) is 11.8. The molecule has 2 aromatic rings. The van der Waals surface area contributed by atoms with Crippen molar-refractivity contribution in [2.45, 2.75) is 6.61 Å². The second kappa shape index (κ2) is 7.11. The van der Waals surface area contributed by atoms with Crippen molar-refractivity contribution in [1.29, 1.82) is 0 Å². The van der Waals surface area contributed by atoms with Crippen molar-refractivity contribution >= 4 is 17.4 Å². The predicted molar refractivity (Wildman–Crippen MR) is 80.2 cm³/mol. The molecule has 0 saturated carbocycles. The van der Waals surface area contributed by atoms with Gasteiger partial charge in [0.1, 0.15) is 11.5 Å². The van der Waals surface area contributed by atoms with Gasteiger partial charge in [0, 0.05) is 5.56 Å². The number of Topliss-reactive ketones (excluding diaryl/α,β-unsaturated/α-hetero) is 1. The van der Waals surface area contributed by atoms with Crippen molar-refractivity contribution in [1.82, 2.24) is 0 Å². The maximum Gasteiger partial charge on any atom is 0.200 e. The highest BCUT2D eigenvalue weighted by molar-refractivity contribution is 6.32. The molecule has 0 aromatic heterocycles. The van der Waals surface area contributed by atoms with Gasteiger partial charge in [-0.3, -0.25) is 4.79 Å². The minimum Gasteiger partial charge on any atom is -0.495 e. The maximum absolute atomic E-state index is 12.1. The van der Waals surface area contributed by atoms with Crippen LogP contribution in [0.2, 0.25) is 5.02 Å². The lowest BCUT2D eigenvalue weighted by molar-refractivity contribution is 0.0921. The summed E-state index contributed by atoms with van der Waals surface area (Å²) in [7, 11) is 1.51. The van der Waals surface area contributed by atoms with Gasteiger partial charge in [0.05, 0.1) is 18.7 Å². The number of aliphatic hydroxyl groups is 1. The Labute approximate surface area is 127 Å². The van der Waals surface area contributed by atoms with E-state index < -0.39 is 0 Å². The van der Waals surface area contributed by atoms with Gasteiger partial charge in [0.2, 0.25) is 0 Å². The van der Waals surface area contributed by atoms with Crippen LogP contribution in [0.4, 0.5) is 0 Å². The van der Waals surface area contributed by atoms with E-state index >= 15 is 0 Å². The second-order valence-corrected chi connectivity index (χ2v) is 4.77. The van der Waals surface area contributed by atoms with E-state index in [1.54, 1.807) is 42.5 Å². The minimum atomic E-state index is -0.186. The van der Waals surface area contributed by atoms with Crippen LogP contribution < -0.4 is 9.47 Å². The van der Waals surface area contributed by atoms with Gasteiger partial charge >= 0.3 is 0 Å². The first-order chi connectivity index (χ1) is 10.1. The average molecular weight is 307 g/mol. The Kier molecular flexibility index (Phi) is 5.20. The van der Waals surface area contributed by atoms with E-state index in [1.165, 1.54) is 7.11 Å². The van der Waals surface area contributed by atoms with Crippen LogP contribution in [0.15, 0.2) is 42.5 Å². The van der Waals surface area contributed by atoms with Crippen molar-refractivity contribution in [3.63, 3.8) is 0 Å². The molecule has 4 nitrogen and oxygen atoms in total. The van der Waals surface area contributed by atoms with Crippen LogP contribution in [-0.4, -0.2) is 24.6 Å². The summed E-state index contributed by atoms with van der Waals surface area (Å²) in [6.45, 7) is -0.170. The summed E-state index contributed by atoms with van der Waals surface area (Å²) in [4.78, 5) is 12.1. The second-order valence-electron chi connectivity index (χ2n) is 4.37. The fourth-order valence-electron chi connectivity index (χ4n) is 1.81. The van der Waals surface area contributed by atoms with E-state index in [1.807, 2.05) is 0 Å². The van der Waals surface area contributed by atoms with Gasteiger partial charge in [-0.2, -0.15) is 0 Å². The number of aliphatic hydroxyl groups excluding tert-OH is 1. The van der Waals surface area contributed by atoms with E-state index in [-0.39, 0.29) is 19.0 Å². The van der Waals surface area contributed by atoms with Crippen molar-refractivity contribution in [3.05, 3.63) is 58.6 Å². The predicted octanol–water partition coefficient (Wildman–Crippen LogP) is 3.10. The molecule has 0 bridgehead atoms. The Morgan fingerprint density at radius 1 is 1.24 bits per heavy atom. The summed E-state index contributed by atoms with van der Waals surface area (Å²) < 4.78 is 10.5. The molecular weight excluding hydrogens is 292 g/mol. The van der Waals surface area contributed by atoms with Crippen molar-refractivity contribution < 1.29 is 19.4 Å². The highest BCUT2D eigenvalue weighted by atomic mass is 35.5. The molecule has 0 atom stereocenters. The summed E-state index contributed by atoms with van der Waals surface area (Å²) in [5.41, 5.74) is 1.19. The molecule has 110 valence electrons. The van der Waals surface area contributed by atoms with Crippen LogP contribution in [0, 0.1) is 0 Å². The number of hydrogen-bond donors (Lipinski definition) is 1. The molecule has 2 aromatic carbocycles. The topological polar surface area (TPSA) is 55.8 Å². The van der Waals surface area contributed by atoms with Crippen molar-refractivity contribution in [2.24, 2.45) is 0 Å². The third-order valence-corrected chi connectivity index (χ3v) is 3.22. The number of hydrogen-bond acceptors (Lipinski definition) is 4. The molecule has 5 heteroatoms. The first kappa shape index (κ1) is 15.4. The van der Waals surface area contributed by atoms with Crippen molar-refractivity contribution in [2.75, 3.05) is 13.7 Å². The van der Waals surface area contributed by atoms with Gasteiger partial charge in [-0.15, -0.1) is 0 Å². The van der Waals surface area contributed by atoms with Gasteiger partial charge in [-0.1, -0.05) is 23.7 Å². The molecule has 0 aliphatic rings. The number of methoxy groups -OCH3 is 1. The van der Waals surface area contributed by atoms with Crippen LogP contribution in [0.1, 0.15) is 15.9 Å². The molecular formula is C16H15ClO4. The van der Waals surface area contributed by atoms with Crippen LogP contribution in [0.5, 0.6) is 11.5 Å². The van der Waals surface area contributed by atoms with Crippen LogP contribution in [-0.2, 0) is 6.61 Å². The summed E-state index contributed by atoms with van der Waals surface area (Å²) in [5, 5.41) is 9.43. The zero-order chi connectivity index (χ0) is 15.2. The average Bonchev–Trinajstić information content (AvgIpc) is 2.52. The van der Waals surface area contributed by atoms with Crippen molar-refractivity contribution in [3.8, 4) is 11.5 Å². The van der Waals surface area contributed by atoms with Gasteiger partial charge in [-0.05, 0) is 35.9 Å². The Morgan fingerprint density at radius 2 is 2.05 bits per heavy atom. The number of carbonyl (C=O) groups excluding carboxylic acids is 1. The molecule has 1 N–H and O–H groups in total. The summed E-state index contributed by atoms with van der Waals surface area (Å²) in [5.74, 6) is 0.869. The molecule has 0 saturated heterocycles. The van der Waals surface area contributed by atoms with Crippen LogP contribution in [0.3, 0.4) is 0 Å². The minimum absolute atomic E-state index is 0.0702. The Balaban J connectivity index is 2.02. The van der Waals surface area contributed by atoms with Gasteiger partial charge in [0.25, 0.3) is 0 Å².